The van der Waals surface area contributed by atoms with Crippen molar-refractivity contribution in [1.29, 1.82) is 0 Å². The molecule has 7 nitrogen and oxygen atoms in total. The molecule has 0 bridgehead atoms. The molecule has 0 aliphatic heterocycles. The quantitative estimate of drug-likeness (QED) is 0.352. The fourth-order valence-electron chi connectivity index (χ4n) is 3.38. The lowest BCUT2D eigenvalue weighted by molar-refractivity contribution is 0.0888. The van der Waals surface area contributed by atoms with Crippen LogP contribution in [0.5, 0.6) is 11.5 Å². The van der Waals surface area contributed by atoms with Crippen molar-refractivity contribution >= 4 is 23.2 Å². The molecule has 0 saturated carbocycles. The van der Waals surface area contributed by atoms with Crippen LogP contribution in [-0.4, -0.2) is 50.4 Å². The largest absolute Gasteiger partial charge is 0.492 e. The second-order valence-corrected chi connectivity index (χ2v) is 9.64. The highest BCUT2D eigenvalue weighted by atomic mass is 35.5. The number of halogens is 2. The zero-order valence-corrected chi connectivity index (χ0v) is 21.1. The summed E-state index contributed by atoms with van der Waals surface area (Å²) in [4.78, 5) is 0. The number of ether oxygens (including phenoxy) is 2. The van der Waals surface area contributed by atoms with E-state index in [0.717, 1.165) is 11.1 Å². The van der Waals surface area contributed by atoms with Crippen LogP contribution in [0.2, 0.25) is 5.02 Å². The minimum Gasteiger partial charge on any atom is -0.492 e. The van der Waals surface area contributed by atoms with Gasteiger partial charge < -0.3 is 19.7 Å². The molecule has 3 rings (SSSR count). The Balaban J connectivity index is 1.59. The molecule has 0 aliphatic carbocycles. The summed E-state index contributed by atoms with van der Waals surface area (Å²) >= 11 is 12.3. The van der Waals surface area contributed by atoms with Gasteiger partial charge in [0.05, 0.1) is 31.0 Å². The Labute approximate surface area is 210 Å². The number of nitrogens with zero attached hydrogens (tertiary/aromatic N) is 3. The molecule has 0 saturated heterocycles. The number of aliphatic hydroxyl groups excluding tert-OH is 2. The van der Waals surface area contributed by atoms with Crippen LogP contribution in [0.25, 0.3) is 0 Å². The normalized spacial score (nSPS) is 13.5. The fraction of sp³-hybridized carbons (Fsp3) is 0.440. The molecule has 2 N–H and O–H groups in total. The van der Waals surface area contributed by atoms with Gasteiger partial charge >= 0.3 is 0 Å². The van der Waals surface area contributed by atoms with E-state index >= 15 is 0 Å². The summed E-state index contributed by atoms with van der Waals surface area (Å²) in [7, 11) is 0. The van der Waals surface area contributed by atoms with E-state index in [2.05, 4.69) is 24.2 Å². The van der Waals surface area contributed by atoms with Crippen molar-refractivity contribution in [3.8, 4) is 11.5 Å². The van der Waals surface area contributed by atoms with Crippen LogP contribution < -0.4 is 9.47 Å². The van der Waals surface area contributed by atoms with Gasteiger partial charge in [0.1, 0.15) is 29.9 Å². The van der Waals surface area contributed by atoms with Crippen LogP contribution in [-0.2, 0) is 18.6 Å². The first kappa shape index (κ1) is 26.3. The summed E-state index contributed by atoms with van der Waals surface area (Å²) in [6, 6.07) is 13.7. The summed E-state index contributed by atoms with van der Waals surface area (Å²) in [5.41, 5.74) is 2.33. The molecule has 34 heavy (non-hydrogen) atoms. The van der Waals surface area contributed by atoms with Gasteiger partial charge in [-0.15, -0.1) is 16.7 Å². The third-order valence-electron chi connectivity index (χ3n) is 5.60. The lowest BCUT2D eigenvalue weighted by Crippen LogP contribution is -2.24. The predicted octanol–water partition coefficient (Wildman–Crippen LogP) is 4.44. The topological polar surface area (TPSA) is 89.6 Å². The monoisotopic (exact) mass is 507 g/mol. The molecule has 0 aliphatic rings. The molecule has 2 atom stereocenters. The van der Waals surface area contributed by atoms with E-state index in [9.17, 15) is 5.11 Å². The maximum atomic E-state index is 10.2. The Bertz CT molecular complexity index is 1060. The van der Waals surface area contributed by atoms with E-state index in [1.165, 1.54) is 4.68 Å². The van der Waals surface area contributed by atoms with Crippen LogP contribution in [0, 0.1) is 5.92 Å². The number of aromatic nitrogens is 3. The Morgan fingerprint density at radius 2 is 1.76 bits per heavy atom. The zero-order chi connectivity index (χ0) is 24.7. The van der Waals surface area contributed by atoms with E-state index in [4.69, 9.17) is 37.8 Å². The summed E-state index contributed by atoms with van der Waals surface area (Å²) in [5.74, 6) is 2.09. The number of hydrogen-bond donors (Lipinski definition) is 2. The van der Waals surface area contributed by atoms with E-state index in [-0.39, 0.29) is 31.1 Å². The van der Waals surface area contributed by atoms with Crippen LogP contribution in [0.3, 0.4) is 0 Å². The molecule has 0 radical (unpaired) electrons. The van der Waals surface area contributed by atoms with Crippen molar-refractivity contribution in [3.63, 3.8) is 0 Å². The maximum Gasteiger partial charge on any atom is 0.137 e. The zero-order valence-electron chi connectivity index (χ0n) is 19.6. The van der Waals surface area contributed by atoms with E-state index in [1.54, 1.807) is 6.20 Å². The van der Waals surface area contributed by atoms with E-state index in [1.807, 2.05) is 49.4 Å². The number of benzene rings is 2. The van der Waals surface area contributed by atoms with Crippen molar-refractivity contribution in [2.75, 3.05) is 19.1 Å². The number of alkyl halides is 1. The fourth-order valence-corrected chi connectivity index (χ4v) is 3.70. The first-order valence-electron chi connectivity index (χ1n) is 11.1. The van der Waals surface area contributed by atoms with Crippen LogP contribution in [0.4, 0.5) is 0 Å². The van der Waals surface area contributed by atoms with Crippen LogP contribution in [0.1, 0.15) is 37.6 Å². The van der Waals surface area contributed by atoms with Crippen LogP contribution in [0.15, 0.2) is 48.7 Å². The molecular formula is C25H31Cl2N3O4. The first-order chi connectivity index (χ1) is 16.2. The molecule has 184 valence electrons. The highest BCUT2D eigenvalue weighted by Crippen LogP contribution is 2.36. The summed E-state index contributed by atoms with van der Waals surface area (Å²) in [6.45, 7) is 6.95. The van der Waals surface area contributed by atoms with E-state index in [0.29, 0.717) is 34.7 Å². The van der Waals surface area contributed by atoms with Gasteiger partial charge in [-0.25, -0.2) is 4.68 Å². The Kier molecular flexibility index (Phi) is 9.19. The molecule has 2 aromatic carbocycles. The summed E-state index contributed by atoms with van der Waals surface area (Å²) in [5, 5.41) is 27.5. The molecule has 0 unspecified atom stereocenters. The second kappa shape index (κ2) is 11.9. The lowest BCUT2D eigenvalue weighted by Gasteiger charge is -2.27. The summed E-state index contributed by atoms with van der Waals surface area (Å²) < 4.78 is 13.0. The predicted molar refractivity (Wildman–Crippen MR) is 133 cm³/mol. The Morgan fingerprint density at radius 3 is 2.38 bits per heavy atom. The number of rotatable bonds is 12. The molecular weight excluding hydrogens is 477 g/mol. The molecule has 1 heterocycles. The van der Waals surface area contributed by atoms with Gasteiger partial charge in [-0.05, 0) is 35.4 Å². The SMILES string of the molecule is C[C@H](CCl)COc1ccc(C(C)(C)c2ccc(OC[C@@H](O)Cn3cc(CO)nn3)cc2)cc1Cl. The van der Waals surface area contributed by atoms with Crippen molar-refractivity contribution in [2.45, 2.75) is 45.4 Å². The molecule has 0 fully saturated rings. The van der Waals surface area contributed by atoms with Crippen molar-refractivity contribution in [1.82, 2.24) is 15.0 Å². The minimum absolute atomic E-state index is 0.108. The lowest BCUT2D eigenvalue weighted by atomic mass is 9.78. The third-order valence-corrected chi connectivity index (χ3v) is 6.43. The standard InChI is InChI=1S/C25H31Cl2N3O4/c1-17(11-26)15-34-24-9-6-19(10-23(24)27)25(2,3)18-4-7-22(8-5-18)33-16-21(32)13-30-12-20(14-31)28-29-30/h4-10,12,17,21,31-32H,11,13-16H2,1-3H3/t17-,21+/m1/s1. The van der Waals surface area contributed by atoms with Crippen molar-refractivity contribution in [3.05, 3.63) is 70.5 Å². The van der Waals surface area contributed by atoms with Gasteiger partial charge in [-0.1, -0.05) is 55.8 Å². The second-order valence-electron chi connectivity index (χ2n) is 8.92. The van der Waals surface area contributed by atoms with Gasteiger partial charge in [0.2, 0.25) is 0 Å². The molecule has 0 amide bonds. The average Bonchev–Trinajstić information content (AvgIpc) is 3.29. The van der Waals surface area contributed by atoms with Gasteiger partial charge in [-0.2, -0.15) is 0 Å². The highest BCUT2D eigenvalue weighted by Gasteiger charge is 2.24. The summed E-state index contributed by atoms with van der Waals surface area (Å²) in [6.07, 6.45) is 0.825. The maximum absolute atomic E-state index is 10.2. The number of hydrogen-bond acceptors (Lipinski definition) is 6. The highest BCUT2D eigenvalue weighted by molar-refractivity contribution is 6.32. The molecule has 9 heteroatoms. The number of aliphatic hydroxyl groups is 2. The van der Waals surface area contributed by atoms with E-state index < -0.39 is 6.10 Å². The molecule has 0 spiro atoms. The van der Waals surface area contributed by atoms with Gasteiger partial charge in [0.15, 0.2) is 0 Å². The molecule has 3 aromatic rings. The van der Waals surface area contributed by atoms with Crippen molar-refractivity contribution < 1.29 is 19.7 Å². The third kappa shape index (κ3) is 6.85. The Morgan fingerprint density at radius 1 is 1.06 bits per heavy atom. The molecule has 1 aromatic heterocycles. The minimum atomic E-state index is -0.764. The smallest absolute Gasteiger partial charge is 0.137 e. The van der Waals surface area contributed by atoms with Crippen LogP contribution >= 0.6 is 23.2 Å². The average molecular weight is 508 g/mol. The van der Waals surface area contributed by atoms with Gasteiger partial charge in [0.25, 0.3) is 0 Å². The first-order valence-corrected chi connectivity index (χ1v) is 12.0. The Hall–Kier alpha value is -2.32. The van der Waals surface area contributed by atoms with Gasteiger partial charge in [-0.3, -0.25) is 0 Å². The van der Waals surface area contributed by atoms with Crippen molar-refractivity contribution in [2.24, 2.45) is 5.92 Å². The van der Waals surface area contributed by atoms with Gasteiger partial charge in [0, 0.05) is 17.2 Å².